The van der Waals surface area contributed by atoms with Crippen molar-refractivity contribution in [1.29, 1.82) is 0 Å². The van der Waals surface area contributed by atoms with Crippen LogP contribution in [0.4, 0.5) is 0 Å². The van der Waals surface area contributed by atoms with Crippen molar-refractivity contribution >= 4 is 5.91 Å². The normalized spacial score (nSPS) is 33.1. The number of hydrogen-bond acceptors (Lipinski definition) is 4. The molecule has 1 saturated heterocycles. The zero-order valence-corrected chi connectivity index (χ0v) is 12.0. The average Bonchev–Trinajstić information content (AvgIpc) is 2.43. The number of carbonyl (C=O) groups is 1. The topological polar surface area (TPSA) is 64.6 Å². The van der Waals surface area contributed by atoms with E-state index in [1.807, 2.05) is 0 Å². The maximum absolute atomic E-state index is 12.1. The Hall–Kier alpha value is -0.650. The second-order valence-electron chi connectivity index (χ2n) is 6.20. The summed E-state index contributed by atoms with van der Waals surface area (Å²) in [4.78, 5) is 14.3. The number of nitrogens with one attached hydrogen (secondary N) is 2. The largest absolute Gasteiger partial charge is 0.394 e. The van der Waals surface area contributed by atoms with Crippen molar-refractivity contribution in [3.63, 3.8) is 0 Å². The molecule has 19 heavy (non-hydrogen) atoms. The number of rotatable bonds is 4. The Morgan fingerprint density at radius 3 is 2.58 bits per heavy atom. The summed E-state index contributed by atoms with van der Waals surface area (Å²) in [5.74, 6) is 0.773. The quantitative estimate of drug-likeness (QED) is 0.669. The van der Waals surface area contributed by atoms with Gasteiger partial charge in [-0.2, -0.15) is 0 Å². The highest BCUT2D eigenvalue weighted by molar-refractivity contribution is 5.79. The predicted octanol–water partition coefficient (Wildman–Crippen LogP) is -0.0510. The van der Waals surface area contributed by atoms with Crippen molar-refractivity contribution in [3.8, 4) is 0 Å². The van der Waals surface area contributed by atoms with Gasteiger partial charge in [-0.15, -0.1) is 0 Å². The lowest BCUT2D eigenvalue weighted by molar-refractivity contribution is -0.125. The summed E-state index contributed by atoms with van der Waals surface area (Å²) in [6.45, 7) is 6.52. The lowest BCUT2D eigenvalue weighted by Crippen LogP contribution is -2.56. The van der Waals surface area contributed by atoms with E-state index < -0.39 is 0 Å². The number of nitrogens with zero attached hydrogens (tertiary/aromatic N) is 1. The molecule has 1 aliphatic carbocycles. The van der Waals surface area contributed by atoms with Gasteiger partial charge in [0.25, 0.3) is 0 Å². The van der Waals surface area contributed by atoms with Gasteiger partial charge in [0.15, 0.2) is 0 Å². The second-order valence-corrected chi connectivity index (χ2v) is 6.20. The summed E-state index contributed by atoms with van der Waals surface area (Å²) in [5, 5.41) is 16.0. The number of carbonyl (C=O) groups excluding carboxylic acids is 1. The van der Waals surface area contributed by atoms with E-state index >= 15 is 0 Å². The van der Waals surface area contributed by atoms with Crippen LogP contribution in [-0.2, 0) is 4.79 Å². The summed E-state index contributed by atoms with van der Waals surface area (Å²) in [7, 11) is 0. The highest BCUT2D eigenvalue weighted by Gasteiger charge is 2.35. The first kappa shape index (κ1) is 14.8. The van der Waals surface area contributed by atoms with Crippen LogP contribution in [0.25, 0.3) is 0 Å². The molecule has 2 fully saturated rings. The Morgan fingerprint density at radius 1 is 1.37 bits per heavy atom. The molecule has 0 spiro atoms. The minimum atomic E-state index is -0.363. The third kappa shape index (κ3) is 4.16. The van der Waals surface area contributed by atoms with Crippen molar-refractivity contribution in [2.45, 2.75) is 38.1 Å². The third-order valence-electron chi connectivity index (χ3n) is 4.52. The zero-order chi connectivity index (χ0) is 13.7. The summed E-state index contributed by atoms with van der Waals surface area (Å²) < 4.78 is 0. The number of piperazine rings is 1. The predicted molar refractivity (Wildman–Crippen MR) is 74.9 cm³/mol. The van der Waals surface area contributed by atoms with Crippen LogP contribution >= 0.6 is 0 Å². The first-order valence-corrected chi connectivity index (χ1v) is 7.48. The van der Waals surface area contributed by atoms with Crippen LogP contribution in [0.5, 0.6) is 0 Å². The van der Waals surface area contributed by atoms with Gasteiger partial charge in [0, 0.05) is 26.2 Å². The molecule has 0 atom stereocenters. The van der Waals surface area contributed by atoms with Crippen LogP contribution in [-0.4, -0.2) is 60.8 Å². The van der Waals surface area contributed by atoms with Gasteiger partial charge in [0.2, 0.25) is 5.91 Å². The van der Waals surface area contributed by atoms with Crippen LogP contribution < -0.4 is 10.6 Å². The van der Waals surface area contributed by atoms with E-state index in [4.69, 9.17) is 0 Å². The first-order valence-electron chi connectivity index (χ1n) is 7.48. The molecule has 1 heterocycles. The van der Waals surface area contributed by atoms with E-state index in [2.05, 4.69) is 22.5 Å². The van der Waals surface area contributed by atoms with Gasteiger partial charge in [0.05, 0.1) is 18.7 Å². The molecule has 1 aliphatic heterocycles. The number of aliphatic hydroxyl groups excluding tert-OH is 1. The highest BCUT2D eigenvalue weighted by Crippen LogP contribution is 2.31. The fourth-order valence-electron chi connectivity index (χ4n) is 3.04. The van der Waals surface area contributed by atoms with Crippen molar-refractivity contribution in [2.24, 2.45) is 5.92 Å². The highest BCUT2D eigenvalue weighted by atomic mass is 16.3. The Bertz CT molecular complexity index is 295. The maximum atomic E-state index is 12.1. The molecule has 5 nitrogen and oxygen atoms in total. The smallest absolute Gasteiger partial charge is 0.234 e. The Balaban J connectivity index is 1.82. The van der Waals surface area contributed by atoms with Gasteiger partial charge < -0.3 is 15.7 Å². The number of amides is 1. The second kappa shape index (κ2) is 6.68. The first-order chi connectivity index (χ1) is 9.13. The summed E-state index contributed by atoms with van der Waals surface area (Å²) in [6, 6.07) is 0. The van der Waals surface area contributed by atoms with E-state index in [-0.39, 0.29) is 18.1 Å². The molecule has 110 valence electrons. The van der Waals surface area contributed by atoms with E-state index in [1.54, 1.807) is 0 Å². The Labute approximate surface area is 115 Å². The van der Waals surface area contributed by atoms with E-state index in [9.17, 15) is 9.90 Å². The molecule has 0 aromatic rings. The van der Waals surface area contributed by atoms with Crippen molar-refractivity contribution in [3.05, 3.63) is 0 Å². The molecule has 0 bridgehead atoms. The van der Waals surface area contributed by atoms with Crippen LogP contribution in [0.2, 0.25) is 0 Å². The molecule has 1 saturated carbocycles. The Morgan fingerprint density at radius 2 is 2.00 bits per heavy atom. The average molecular weight is 269 g/mol. The SMILES string of the molecule is CC1CCC(CO)(NC(=O)CN2CCNCC2)CC1. The minimum absolute atomic E-state index is 0.0607. The fraction of sp³-hybridized carbons (Fsp3) is 0.929. The number of hydrogen-bond donors (Lipinski definition) is 3. The van der Waals surface area contributed by atoms with E-state index in [0.29, 0.717) is 12.5 Å². The minimum Gasteiger partial charge on any atom is -0.394 e. The summed E-state index contributed by atoms with van der Waals surface area (Å²) >= 11 is 0. The fourth-order valence-corrected chi connectivity index (χ4v) is 3.04. The van der Waals surface area contributed by atoms with Gasteiger partial charge in [0.1, 0.15) is 0 Å². The Kier molecular flexibility index (Phi) is 5.19. The van der Waals surface area contributed by atoms with Gasteiger partial charge in [-0.3, -0.25) is 9.69 Å². The summed E-state index contributed by atoms with van der Waals surface area (Å²) in [5.41, 5.74) is -0.363. The molecule has 0 radical (unpaired) electrons. The van der Waals surface area contributed by atoms with Crippen LogP contribution in [0.3, 0.4) is 0 Å². The van der Waals surface area contributed by atoms with Crippen molar-refractivity contribution < 1.29 is 9.90 Å². The molecule has 3 N–H and O–H groups in total. The number of aliphatic hydroxyl groups is 1. The molecule has 2 rings (SSSR count). The summed E-state index contributed by atoms with van der Waals surface area (Å²) in [6.07, 6.45) is 3.98. The van der Waals surface area contributed by atoms with Gasteiger partial charge >= 0.3 is 0 Å². The van der Waals surface area contributed by atoms with Gasteiger partial charge in [-0.1, -0.05) is 6.92 Å². The molecule has 0 aromatic heterocycles. The van der Waals surface area contributed by atoms with Crippen molar-refractivity contribution in [2.75, 3.05) is 39.3 Å². The molecular formula is C14H27N3O2. The van der Waals surface area contributed by atoms with Crippen LogP contribution in [0.1, 0.15) is 32.6 Å². The zero-order valence-electron chi connectivity index (χ0n) is 12.0. The molecule has 5 heteroatoms. The van der Waals surface area contributed by atoms with Crippen molar-refractivity contribution in [1.82, 2.24) is 15.5 Å². The molecule has 2 aliphatic rings. The molecule has 0 unspecified atom stereocenters. The third-order valence-corrected chi connectivity index (χ3v) is 4.52. The molecular weight excluding hydrogens is 242 g/mol. The van der Waals surface area contributed by atoms with Crippen LogP contribution in [0.15, 0.2) is 0 Å². The molecule has 0 aromatic carbocycles. The lowest BCUT2D eigenvalue weighted by Gasteiger charge is -2.39. The van der Waals surface area contributed by atoms with Crippen LogP contribution in [0, 0.1) is 5.92 Å². The standard InChI is InChI=1S/C14H27N3O2/c1-12-2-4-14(11-18,5-3-12)16-13(19)10-17-8-6-15-7-9-17/h12,15,18H,2-11H2,1H3,(H,16,19). The monoisotopic (exact) mass is 269 g/mol. The van der Waals surface area contributed by atoms with E-state index in [1.165, 1.54) is 0 Å². The van der Waals surface area contributed by atoms with Gasteiger partial charge in [-0.05, 0) is 31.6 Å². The van der Waals surface area contributed by atoms with Gasteiger partial charge in [-0.25, -0.2) is 0 Å². The lowest BCUT2D eigenvalue weighted by atomic mass is 9.77. The van der Waals surface area contributed by atoms with E-state index in [0.717, 1.165) is 51.9 Å². The maximum Gasteiger partial charge on any atom is 0.234 e. The molecule has 1 amide bonds.